The van der Waals surface area contributed by atoms with Gasteiger partial charge in [-0.25, -0.2) is 0 Å². The number of rotatable bonds is 4. The molecule has 0 heteroatoms. The zero-order chi connectivity index (χ0) is 30.5. The van der Waals surface area contributed by atoms with Gasteiger partial charge in [-0.2, -0.15) is 0 Å². The van der Waals surface area contributed by atoms with E-state index >= 15 is 0 Å². The van der Waals surface area contributed by atoms with Gasteiger partial charge in [-0.1, -0.05) is 141 Å². The monoisotopic (exact) mass is 588 g/mol. The third kappa shape index (κ3) is 4.77. The van der Waals surface area contributed by atoms with E-state index in [2.05, 4.69) is 152 Å². The van der Waals surface area contributed by atoms with Crippen LogP contribution in [0.5, 0.6) is 0 Å². The van der Waals surface area contributed by atoms with Gasteiger partial charge in [0.2, 0.25) is 0 Å². The van der Waals surface area contributed by atoms with E-state index in [0.29, 0.717) is 5.92 Å². The first-order valence-corrected chi connectivity index (χ1v) is 16.9. The molecule has 0 unspecified atom stereocenters. The van der Waals surface area contributed by atoms with E-state index in [0.717, 1.165) is 0 Å². The highest BCUT2D eigenvalue weighted by atomic mass is 14.2. The number of fused-ring (bicyclic) bond motifs is 5. The summed E-state index contributed by atoms with van der Waals surface area (Å²) in [6, 6.07) is 56.8. The summed E-state index contributed by atoms with van der Waals surface area (Å²) < 4.78 is 0. The third-order valence-electron chi connectivity index (χ3n) is 10.4. The van der Waals surface area contributed by atoms with Crippen molar-refractivity contribution in [3.8, 4) is 33.4 Å². The van der Waals surface area contributed by atoms with Crippen molar-refractivity contribution in [2.45, 2.75) is 38.0 Å². The molecule has 1 saturated carbocycles. The second-order valence-corrected chi connectivity index (χ2v) is 13.2. The summed E-state index contributed by atoms with van der Waals surface area (Å²) in [6.07, 6.45) is 6.57. The minimum atomic E-state index is 0.607. The summed E-state index contributed by atoms with van der Waals surface area (Å²) in [5.74, 6) is 0.607. The largest absolute Gasteiger partial charge is 0.0616 e. The quantitative estimate of drug-likeness (QED) is 0.179. The van der Waals surface area contributed by atoms with Crippen molar-refractivity contribution in [1.29, 1.82) is 0 Å². The maximum Gasteiger partial charge on any atom is -0.00988 e. The molecule has 0 radical (unpaired) electrons. The molecule has 1 aliphatic rings. The lowest BCUT2D eigenvalue weighted by molar-refractivity contribution is 0.445. The fraction of sp³-hybridized carbons (Fsp3) is 0.130. The molecular weight excluding hydrogens is 553 g/mol. The van der Waals surface area contributed by atoms with E-state index in [-0.39, 0.29) is 0 Å². The van der Waals surface area contributed by atoms with Crippen molar-refractivity contribution in [3.05, 3.63) is 157 Å². The zero-order valence-corrected chi connectivity index (χ0v) is 26.0. The summed E-state index contributed by atoms with van der Waals surface area (Å²) in [7, 11) is 0. The molecule has 220 valence electrons. The lowest BCUT2D eigenvalue weighted by Crippen LogP contribution is -2.05. The lowest BCUT2D eigenvalue weighted by Gasteiger charge is -2.25. The molecule has 0 N–H and O–H groups in total. The molecule has 0 spiro atoms. The van der Waals surface area contributed by atoms with Crippen molar-refractivity contribution >= 4 is 43.1 Å². The molecule has 9 rings (SSSR count). The van der Waals surface area contributed by atoms with Crippen LogP contribution in [0.3, 0.4) is 0 Å². The van der Waals surface area contributed by atoms with E-state index in [1.807, 2.05) is 0 Å². The second kappa shape index (κ2) is 11.3. The Kier molecular flexibility index (Phi) is 6.67. The van der Waals surface area contributed by atoms with E-state index in [4.69, 9.17) is 0 Å². The van der Waals surface area contributed by atoms with Gasteiger partial charge in [0.1, 0.15) is 0 Å². The summed E-state index contributed by atoms with van der Waals surface area (Å²) in [5, 5.41) is 10.6. The predicted molar refractivity (Wildman–Crippen MR) is 199 cm³/mol. The summed E-state index contributed by atoms with van der Waals surface area (Å²) >= 11 is 0. The van der Waals surface area contributed by atoms with Gasteiger partial charge in [0.05, 0.1) is 0 Å². The molecule has 1 aliphatic carbocycles. The van der Waals surface area contributed by atoms with Crippen molar-refractivity contribution in [2.75, 3.05) is 0 Å². The highest BCUT2D eigenvalue weighted by Crippen LogP contribution is 2.42. The van der Waals surface area contributed by atoms with Crippen molar-refractivity contribution < 1.29 is 0 Å². The summed E-state index contributed by atoms with van der Waals surface area (Å²) in [4.78, 5) is 0. The van der Waals surface area contributed by atoms with Crippen molar-refractivity contribution in [2.24, 2.45) is 0 Å². The molecule has 0 aromatic heterocycles. The van der Waals surface area contributed by atoms with Crippen LogP contribution in [0.4, 0.5) is 0 Å². The Bertz CT molecular complexity index is 2400. The van der Waals surface area contributed by atoms with E-state index in [9.17, 15) is 0 Å². The van der Waals surface area contributed by atoms with Crippen LogP contribution in [-0.2, 0) is 0 Å². The van der Waals surface area contributed by atoms with Gasteiger partial charge in [-0.3, -0.25) is 0 Å². The fourth-order valence-electron chi connectivity index (χ4n) is 8.01. The van der Waals surface area contributed by atoms with Gasteiger partial charge in [-0.05, 0) is 131 Å². The number of hydrogen-bond donors (Lipinski definition) is 0. The molecular formula is C46H36. The van der Waals surface area contributed by atoms with Crippen LogP contribution in [0.2, 0.25) is 0 Å². The Hall–Kier alpha value is -5.20. The minimum absolute atomic E-state index is 0.607. The third-order valence-corrected chi connectivity index (χ3v) is 10.4. The van der Waals surface area contributed by atoms with E-state index in [1.54, 1.807) is 0 Å². The SMILES string of the molecule is c1cc(-c2cc(C3CCCCC3)c3cc(-c4ccc5ccccc5c4)ccc3c2)cc(-c2cc3ccccc3c3ccccc23)c1. The molecule has 0 bridgehead atoms. The maximum absolute atomic E-state index is 2.53. The molecule has 46 heavy (non-hydrogen) atoms. The van der Waals surface area contributed by atoms with Gasteiger partial charge in [0, 0.05) is 0 Å². The first kappa shape index (κ1) is 27.1. The normalized spacial score (nSPS) is 14.0. The Morgan fingerprint density at radius 2 is 0.935 bits per heavy atom. The zero-order valence-electron chi connectivity index (χ0n) is 26.0. The van der Waals surface area contributed by atoms with Crippen LogP contribution in [0, 0.1) is 0 Å². The molecule has 8 aromatic carbocycles. The molecule has 0 atom stereocenters. The Balaban J connectivity index is 1.19. The van der Waals surface area contributed by atoms with Crippen LogP contribution in [0.1, 0.15) is 43.6 Å². The molecule has 0 nitrogen and oxygen atoms in total. The standard InChI is InChI=1S/C46H36/c1-2-12-32(13-3-1)44-30-40(27-39-24-23-36(28-46(39)44)35-22-21-31-11-4-5-14-33(31)25-35)34-16-10-17-37(26-34)45-29-38-15-6-7-18-41(38)42-19-8-9-20-43(42)45/h4-11,14-30,32H,1-3,12-13H2. The Labute approximate surface area is 271 Å². The Morgan fingerprint density at radius 3 is 1.78 bits per heavy atom. The van der Waals surface area contributed by atoms with Crippen LogP contribution >= 0.6 is 0 Å². The highest BCUT2D eigenvalue weighted by Gasteiger charge is 2.20. The highest BCUT2D eigenvalue weighted by molar-refractivity contribution is 6.14. The van der Waals surface area contributed by atoms with Gasteiger partial charge in [0.25, 0.3) is 0 Å². The fourth-order valence-corrected chi connectivity index (χ4v) is 8.01. The lowest BCUT2D eigenvalue weighted by atomic mass is 9.80. The molecule has 1 fully saturated rings. The number of hydrogen-bond acceptors (Lipinski definition) is 0. The molecule has 0 amide bonds. The average Bonchev–Trinajstić information content (AvgIpc) is 3.14. The van der Waals surface area contributed by atoms with Crippen molar-refractivity contribution in [1.82, 2.24) is 0 Å². The first-order valence-electron chi connectivity index (χ1n) is 16.9. The van der Waals surface area contributed by atoms with Gasteiger partial charge < -0.3 is 0 Å². The summed E-state index contributed by atoms with van der Waals surface area (Å²) in [5.41, 5.74) is 9.28. The van der Waals surface area contributed by atoms with Crippen molar-refractivity contribution in [3.63, 3.8) is 0 Å². The minimum Gasteiger partial charge on any atom is -0.0616 e. The number of benzene rings is 8. The molecule has 8 aromatic rings. The first-order chi connectivity index (χ1) is 22.8. The van der Waals surface area contributed by atoms with Crippen LogP contribution in [0.25, 0.3) is 76.5 Å². The smallest absolute Gasteiger partial charge is 0.00988 e. The topological polar surface area (TPSA) is 0 Å². The molecule has 0 heterocycles. The maximum atomic E-state index is 2.53. The van der Waals surface area contributed by atoms with Gasteiger partial charge in [-0.15, -0.1) is 0 Å². The average molecular weight is 589 g/mol. The summed E-state index contributed by atoms with van der Waals surface area (Å²) in [6.45, 7) is 0. The van der Waals surface area contributed by atoms with Crippen LogP contribution in [-0.4, -0.2) is 0 Å². The van der Waals surface area contributed by atoms with E-state index in [1.165, 1.54) is 114 Å². The van der Waals surface area contributed by atoms with Crippen LogP contribution in [0.15, 0.2) is 152 Å². The Morgan fingerprint density at radius 1 is 0.326 bits per heavy atom. The van der Waals surface area contributed by atoms with Gasteiger partial charge >= 0.3 is 0 Å². The van der Waals surface area contributed by atoms with E-state index < -0.39 is 0 Å². The predicted octanol–water partition coefficient (Wildman–Crippen LogP) is 13.3. The van der Waals surface area contributed by atoms with Crippen LogP contribution < -0.4 is 0 Å². The van der Waals surface area contributed by atoms with Gasteiger partial charge in [0.15, 0.2) is 0 Å². The molecule has 0 aliphatic heterocycles. The second-order valence-electron chi connectivity index (χ2n) is 13.2. The molecule has 0 saturated heterocycles.